The number of anilines is 2. The van der Waals surface area contributed by atoms with Gasteiger partial charge in [-0.2, -0.15) is 13.2 Å². The van der Waals surface area contributed by atoms with Gasteiger partial charge >= 0.3 is 6.18 Å². The quantitative estimate of drug-likeness (QED) is 0.787. The van der Waals surface area contributed by atoms with Crippen molar-refractivity contribution in [1.82, 2.24) is 15.1 Å². The summed E-state index contributed by atoms with van der Waals surface area (Å²) in [4.78, 5) is 13.6. The van der Waals surface area contributed by atoms with Crippen LogP contribution in [0.4, 0.5) is 24.7 Å². The second-order valence-corrected chi connectivity index (χ2v) is 6.84. The second kappa shape index (κ2) is 9.01. The fourth-order valence-corrected chi connectivity index (χ4v) is 3.12. The largest absolute Gasteiger partial charge is 0.401 e. The molecule has 1 amide bonds. The molecule has 6 nitrogen and oxygen atoms in total. The molecule has 0 radical (unpaired) electrons. The lowest BCUT2D eigenvalue weighted by molar-refractivity contribution is -0.148. The van der Waals surface area contributed by atoms with Crippen LogP contribution < -0.4 is 10.6 Å². The van der Waals surface area contributed by atoms with E-state index >= 15 is 0 Å². The highest BCUT2D eigenvalue weighted by Crippen LogP contribution is 2.22. The summed E-state index contributed by atoms with van der Waals surface area (Å²) in [6, 6.07) is 12.3. The molecule has 28 heavy (non-hydrogen) atoms. The standard InChI is InChI=1S/C19H22F3N5O/c20-19(21,22)13-27-10-8-14(9-11-27)12-23-17-7-6-16(25-26-17)18(28)24-15-4-2-1-3-5-15/h1-7,14H,8-13H2,(H,23,26)(H,24,28). The fraction of sp³-hybridized carbons (Fsp3) is 0.421. The molecule has 1 saturated heterocycles. The first-order valence-corrected chi connectivity index (χ1v) is 9.12. The van der Waals surface area contributed by atoms with E-state index in [1.54, 1.807) is 24.3 Å². The van der Waals surface area contributed by atoms with Crippen molar-refractivity contribution in [2.24, 2.45) is 5.92 Å². The number of benzene rings is 1. The third-order valence-corrected chi connectivity index (χ3v) is 4.61. The Morgan fingerprint density at radius 1 is 1.07 bits per heavy atom. The predicted molar refractivity (Wildman–Crippen MR) is 100 cm³/mol. The van der Waals surface area contributed by atoms with E-state index in [1.807, 2.05) is 18.2 Å². The van der Waals surface area contributed by atoms with Crippen LogP contribution in [0.2, 0.25) is 0 Å². The summed E-state index contributed by atoms with van der Waals surface area (Å²) in [5, 5.41) is 13.8. The van der Waals surface area contributed by atoms with E-state index in [1.165, 1.54) is 4.90 Å². The van der Waals surface area contributed by atoms with Crippen molar-refractivity contribution in [1.29, 1.82) is 0 Å². The molecule has 1 aromatic carbocycles. The smallest absolute Gasteiger partial charge is 0.368 e. The van der Waals surface area contributed by atoms with Crippen LogP contribution in [0.25, 0.3) is 0 Å². The number of aromatic nitrogens is 2. The first-order valence-electron chi connectivity index (χ1n) is 9.12. The van der Waals surface area contributed by atoms with Gasteiger partial charge in [-0.05, 0) is 56.1 Å². The van der Waals surface area contributed by atoms with Crippen molar-refractivity contribution in [2.75, 3.05) is 36.8 Å². The number of piperidine rings is 1. The highest BCUT2D eigenvalue weighted by Gasteiger charge is 2.32. The lowest BCUT2D eigenvalue weighted by atomic mass is 9.97. The summed E-state index contributed by atoms with van der Waals surface area (Å²) in [5.41, 5.74) is 0.878. The molecule has 2 N–H and O–H groups in total. The molecular weight excluding hydrogens is 371 g/mol. The highest BCUT2D eigenvalue weighted by atomic mass is 19.4. The van der Waals surface area contributed by atoms with Crippen LogP contribution >= 0.6 is 0 Å². The monoisotopic (exact) mass is 393 g/mol. The number of carbonyl (C=O) groups is 1. The average Bonchev–Trinajstić information content (AvgIpc) is 2.67. The summed E-state index contributed by atoms with van der Waals surface area (Å²) < 4.78 is 37.3. The van der Waals surface area contributed by atoms with E-state index < -0.39 is 12.7 Å². The fourth-order valence-electron chi connectivity index (χ4n) is 3.12. The molecule has 0 spiro atoms. The van der Waals surface area contributed by atoms with Crippen LogP contribution in [0.15, 0.2) is 42.5 Å². The predicted octanol–water partition coefficient (Wildman–Crippen LogP) is 3.42. The molecule has 0 bridgehead atoms. The van der Waals surface area contributed by atoms with Gasteiger partial charge in [0.2, 0.25) is 0 Å². The van der Waals surface area contributed by atoms with Crippen LogP contribution in [0.3, 0.4) is 0 Å². The minimum atomic E-state index is -4.14. The van der Waals surface area contributed by atoms with Crippen molar-refractivity contribution >= 4 is 17.4 Å². The van der Waals surface area contributed by atoms with Crippen LogP contribution in [0, 0.1) is 5.92 Å². The molecule has 1 aliphatic rings. The molecule has 0 atom stereocenters. The van der Waals surface area contributed by atoms with Gasteiger partial charge in [0.25, 0.3) is 5.91 Å². The van der Waals surface area contributed by atoms with Crippen LogP contribution in [0.1, 0.15) is 23.3 Å². The molecular formula is C19H22F3N5O. The Hall–Kier alpha value is -2.68. The molecule has 0 saturated carbocycles. The van der Waals surface area contributed by atoms with Gasteiger partial charge in [0, 0.05) is 12.2 Å². The van der Waals surface area contributed by atoms with Crippen molar-refractivity contribution in [3.63, 3.8) is 0 Å². The number of alkyl halides is 3. The number of nitrogens with one attached hydrogen (secondary N) is 2. The number of amides is 1. The van der Waals surface area contributed by atoms with Gasteiger partial charge < -0.3 is 10.6 Å². The average molecular weight is 393 g/mol. The molecule has 0 unspecified atom stereocenters. The summed E-state index contributed by atoms with van der Waals surface area (Å²) >= 11 is 0. The number of carbonyl (C=O) groups excluding carboxylic acids is 1. The molecule has 1 aromatic heterocycles. The van der Waals surface area contributed by atoms with Crippen molar-refractivity contribution in [3.05, 3.63) is 48.2 Å². The zero-order valence-electron chi connectivity index (χ0n) is 15.2. The van der Waals surface area contributed by atoms with Crippen molar-refractivity contribution in [3.8, 4) is 0 Å². The van der Waals surface area contributed by atoms with Gasteiger partial charge in [0.05, 0.1) is 6.54 Å². The maximum Gasteiger partial charge on any atom is 0.401 e. The minimum absolute atomic E-state index is 0.204. The van der Waals surface area contributed by atoms with Crippen LogP contribution in [-0.4, -0.2) is 53.4 Å². The van der Waals surface area contributed by atoms with Gasteiger partial charge in [-0.15, -0.1) is 10.2 Å². The van der Waals surface area contributed by atoms with Gasteiger partial charge in [-0.3, -0.25) is 9.69 Å². The molecule has 3 rings (SSSR count). The maximum atomic E-state index is 12.4. The van der Waals surface area contributed by atoms with E-state index in [9.17, 15) is 18.0 Å². The SMILES string of the molecule is O=C(Nc1ccccc1)c1ccc(NCC2CCN(CC(F)(F)F)CC2)nn1. The topological polar surface area (TPSA) is 70.2 Å². The summed E-state index contributed by atoms with van der Waals surface area (Å²) in [6.07, 6.45) is -2.74. The van der Waals surface area contributed by atoms with Gasteiger partial charge in [-0.1, -0.05) is 18.2 Å². The summed E-state index contributed by atoms with van der Waals surface area (Å²) in [5.74, 6) is 0.476. The first-order chi connectivity index (χ1) is 13.4. The molecule has 2 heterocycles. The number of hydrogen-bond donors (Lipinski definition) is 2. The van der Waals surface area contributed by atoms with Gasteiger partial charge in [0.1, 0.15) is 5.82 Å². The summed E-state index contributed by atoms with van der Waals surface area (Å²) in [6.45, 7) is 0.654. The minimum Gasteiger partial charge on any atom is -0.368 e. The lowest BCUT2D eigenvalue weighted by Crippen LogP contribution is -2.41. The Kier molecular flexibility index (Phi) is 6.45. The van der Waals surface area contributed by atoms with E-state index in [0.29, 0.717) is 44.0 Å². The lowest BCUT2D eigenvalue weighted by Gasteiger charge is -2.32. The first kappa shape index (κ1) is 20.1. The highest BCUT2D eigenvalue weighted by molar-refractivity contribution is 6.02. The molecule has 2 aromatic rings. The zero-order chi connectivity index (χ0) is 20.0. The molecule has 150 valence electrons. The number of nitrogens with zero attached hydrogens (tertiary/aromatic N) is 3. The van der Waals surface area contributed by atoms with E-state index in [-0.39, 0.29) is 17.5 Å². The van der Waals surface area contributed by atoms with Crippen LogP contribution in [0.5, 0.6) is 0 Å². The third kappa shape index (κ3) is 6.19. The van der Waals surface area contributed by atoms with Crippen LogP contribution in [-0.2, 0) is 0 Å². The van der Waals surface area contributed by atoms with Gasteiger partial charge in [-0.25, -0.2) is 0 Å². The second-order valence-electron chi connectivity index (χ2n) is 6.84. The molecule has 1 aliphatic heterocycles. The van der Waals surface area contributed by atoms with Gasteiger partial charge in [0.15, 0.2) is 5.69 Å². The Labute approximate surface area is 161 Å². The Morgan fingerprint density at radius 3 is 2.39 bits per heavy atom. The van der Waals surface area contributed by atoms with Crippen molar-refractivity contribution < 1.29 is 18.0 Å². The maximum absolute atomic E-state index is 12.4. The molecule has 9 heteroatoms. The summed E-state index contributed by atoms with van der Waals surface area (Å²) in [7, 11) is 0. The number of likely N-dealkylation sites (tertiary alicyclic amines) is 1. The number of rotatable bonds is 6. The normalized spacial score (nSPS) is 16.0. The third-order valence-electron chi connectivity index (χ3n) is 4.61. The Morgan fingerprint density at radius 2 is 1.79 bits per heavy atom. The van der Waals surface area contributed by atoms with E-state index in [0.717, 1.165) is 0 Å². The Balaban J connectivity index is 1.43. The Bertz CT molecular complexity index is 759. The number of hydrogen-bond acceptors (Lipinski definition) is 5. The van der Waals surface area contributed by atoms with E-state index in [4.69, 9.17) is 0 Å². The number of para-hydroxylation sites is 1. The zero-order valence-corrected chi connectivity index (χ0v) is 15.2. The molecule has 0 aliphatic carbocycles. The molecule has 1 fully saturated rings. The van der Waals surface area contributed by atoms with Crippen molar-refractivity contribution in [2.45, 2.75) is 19.0 Å². The van der Waals surface area contributed by atoms with E-state index in [2.05, 4.69) is 20.8 Å². The number of halogens is 3.